The van der Waals surface area contributed by atoms with E-state index in [9.17, 15) is 14.0 Å². The van der Waals surface area contributed by atoms with E-state index >= 15 is 0 Å². The summed E-state index contributed by atoms with van der Waals surface area (Å²) in [5, 5.41) is 5.62. The molecule has 0 aliphatic heterocycles. The molecule has 0 radical (unpaired) electrons. The molecule has 27 heavy (non-hydrogen) atoms. The highest BCUT2D eigenvalue weighted by molar-refractivity contribution is 9.10. The fourth-order valence-corrected chi connectivity index (χ4v) is 2.95. The van der Waals surface area contributed by atoms with Crippen LogP contribution in [0, 0.1) is 5.82 Å². The van der Waals surface area contributed by atoms with E-state index in [4.69, 9.17) is 0 Å². The maximum absolute atomic E-state index is 13.0. The average Bonchev–Trinajstić information content (AvgIpc) is 2.67. The topological polar surface area (TPSA) is 58.2 Å². The van der Waals surface area contributed by atoms with Crippen LogP contribution in [0.15, 0.2) is 77.3 Å². The van der Waals surface area contributed by atoms with Crippen molar-refractivity contribution in [2.45, 2.75) is 6.54 Å². The molecule has 0 spiro atoms. The molecule has 6 heteroatoms. The van der Waals surface area contributed by atoms with Crippen molar-refractivity contribution < 1.29 is 14.0 Å². The lowest BCUT2D eigenvalue weighted by Gasteiger charge is -2.09. The molecule has 3 rings (SSSR count). The monoisotopic (exact) mass is 426 g/mol. The molecular formula is C21H16BrFN2O2. The van der Waals surface area contributed by atoms with Crippen molar-refractivity contribution in [2.75, 3.05) is 5.32 Å². The minimum absolute atomic E-state index is 0.191. The molecule has 0 aliphatic carbocycles. The van der Waals surface area contributed by atoms with Gasteiger partial charge in [-0.25, -0.2) is 4.39 Å². The van der Waals surface area contributed by atoms with Gasteiger partial charge in [-0.2, -0.15) is 0 Å². The molecule has 0 heterocycles. The Labute approximate surface area is 164 Å². The first-order valence-electron chi connectivity index (χ1n) is 8.21. The lowest BCUT2D eigenvalue weighted by molar-refractivity contribution is 0.0949. The van der Waals surface area contributed by atoms with Gasteiger partial charge in [0.15, 0.2) is 0 Å². The Balaban J connectivity index is 1.63. The molecule has 0 fully saturated rings. The fourth-order valence-electron chi connectivity index (χ4n) is 2.49. The van der Waals surface area contributed by atoms with Gasteiger partial charge < -0.3 is 10.6 Å². The van der Waals surface area contributed by atoms with Crippen molar-refractivity contribution in [1.29, 1.82) is 0 Å². The zero-order chi connectivity index (χ0) is 19.2. The molecular weight excluding hydrogens is 411 g/mol. The number of nitrogens with one attached hydrogen (secondary N) is 2. The first-order chi connectivity index (χ1) is 13.0. The molecule has 0 saturated carbocycles. The summed E-state index contributed by atoms with van der Waals surface area (Å²) in [6, 6.07) is 19.7. The molecule has 0 bridgehead atoms. The number of benzene rings is 3. The van der Waals surface area contributed by atoms with E-state index in [1.807, 2.05) is 12.1 Å². The summed E-state index contributed by atoms with van der Waals surface area (Å²) in [5.41, 5.74) is 2.35. The molecule has 2 N–H and O–H groups in total. The van der Waals surface area contributed by atoms with Gasteiger partial charge in [0.25, 0.3) is 11.8 Å². The van der Waals surface area contributed by atoms with Crippen LogP contribution in [0.5, 0.6) is 0 Å². The maximum Gasteiger partial charge on any atom is 0.255 e. The van der Waals surface area contributed by atoms with Crippen molar-refractivity contribution >= 4 is 33.4 Å². The van der Waals surface area contributed by atoms with Gasteiger partial charge >= 0.3 is 0 Å². The molecule has 0 aromatic heterocycles. The minimum atomic E-state index is -0.394. The number of carbonyl (C=O) groups excluding carboxylic acids is 2. The van der Waals surface area contributed by atoms with Crippen LogP contribution in [0.2, 0.25) is 0 Å². The fraction of sp³-hybridized carbons (Fsp3) is 0.0476. The zero-order valence-electron chi connectivity index (χ0n) is 14.2. The highest BCUT2D eigenvalue weighted by atomic mass is 79.9. The number of halogens is 2. The van der Waals surface area contributed by atoms with E-state index in [1.165, 1.54) is 24.3 Å². The third-order valence-electron chi connectivity index (χ3n) is 3.86. The number of anilines is 1. The predicted octanol–water partition coefficient (Wildman–Crippen LogP) is 4.77. The molecule has 136 valence electrons. The number of carbonyl (C=O) groups is 2. The second-order valence-electron chi connectivity index (χ2n) is 5.82. The lowest BCUT2D eigenvalue weighted by Crippen LogP contribution is -2.23. The highest BCUT2D eigenvalue weighted by Crippen LogP contribution is 2.16. The van der Waals surface area contributed by atoms with Gasteiger partial charge in [-0.15, -0.1) is 0 Å². The van der Waals surface area contributed by atoms with Crippen LogP contribution in [-0.4, -0.2) is 11.8 Å². The SMILES string of the molecule is O=C(Nc1cccc(CNC(=O)c2ccccc2Br)c1)c1ccc(F)cc1. The molecule has 0 aliphatic rings. The number of hydrogen-bond donors (Lipinski definition) is 2. The van der Waals surface area contributed by atoms with Gasteiger partial charge in [-0.05, 0) is 70.0 Å². The second kappa shape index (κ2) is 8.60. The van der Waals surface area contributed by atoms with Crippen LogP contribution in [-0.2, 0) is 6.54 Å². The Morgan fingerprint density at radius 1 is 0.889 bits per heavy atom. The highest BCUT2D eigenvalue weighted by Gasteiger charge is 2.10. The van der Waals surface area contributed by atoms with Gasteiger partial charge in [0.05, 0.1) is 5.56 Å². The minimum Gasteiger partial charge on any atom is -0.348 e. The van der Waals surface area contributed by atoms with Gasteiger partial charge in [-0.3, -0.25) is 9.59 Å². The lowest BCUT2D eigenvalue weighted by atomic mass is 10.1. The van der Waals surface area contributed by atoms with Crippen LogP contribution in [0.3, 0.4) is 0 Å². The summed E-state index contributed by atoms with van der Waals surface area (Å²) in [5.74, 6) is -0.915. The first kappa shape index (κ1) is 18.8. The Morgan fingerprint density at radius 3 is 2.37 bits per heavy atom. The van der Waals surface area contributed by atoms with Crippen LogP contribution < -0.4 is 10.6 Å². The molecule has 2 amide bonds. The normalized spacial score (nSPS) is 10.3. The summed E-state index contributed by atoms with van der Waals surface area (Å²) in [7, 11) is 0. The predicted molar refractivity (Wildman–Crippen MR) is 106 cm³/mol. The Kier molecular flexibility index (Phi) is 5.98. The number of amides is 2. The van der Waals surface area contributed by atoms with Gasteiger partial charge in [0, 0.05) is 22.3 Å². The summed E-state index contributed by atoms with van der Waals surface area (Å²) in [4.78, 5) is 24.5. The van der Waals surface area contributed by atoms with E-state index in [1.54, 1.807) is 36.4 Å². The van der Waals surface area contributed by atoms with Crippen molar-refractivity contribution in [2.24, 2.45) is 0 Å². The molecule has 3 aromatic rings. The maximum atomic E-state index is 13.0. The molecule has 3 aromatic carbocycles. The summed E-state index contributed by atoms with van der Waals surface area (Å²) >= 11 is 3.36. The van der Waals surface area contributed by atoms with E-state index in [-0.39, 0.29) is 11.8 Å². The van der Waals surface area contributed by atoms with Gasteiger partial charge in [-0.1, -0.05) is 24.3 Å². The average molecular weight is 427 g/mol. The largest absolute Gasteiger partial charge is 0.348 e. The second-order valence-corrected chi connectivity index (χ2v) is 6.68. The Hall–Kier alpha value is -2.99. The van der Waals surface area contributed by atoms with Crippen LogP contribution in [0.25, 0.3) is 0 Å². The number of hydrogen-bond acceptors (Lipinski definition) is 2. The first-order valence-corrected chi connectivity index (χ1v) is 9.01. The van der Waals surface area contributed by atoms with E-state index in [2.05, 4.69) is 26.6 Å². The third-order valence-corrected chi connectivity index (χ3v) is 4.55. The number of rotatable bonds is 5. The van der Waals surface area contributed by atoms with E-state index in [0.717, 1.165) is 10.0 Å². The zero-order valence-corrected chi connectivity index (χ0v) is 15.8. The summed E-state index contributed by atoms with van der Waals surface area (Å²) < 4.78 is 13.7. The quantitative estimate of drug-likeness (QED) is 0.617. The molecule has 4 nitrogen and oxygen atoms in total. The van der Waals surface area contributed by atoms with E-state index < -0.39 is 5.82 Å². The molecule has 0 atom stereocenters. The Bertz CT molecular complexity index is 974. The van der Waals surface area contributed by atoms with Crippen molar-refractivity contribution in [3.8, 4) is 0 Å². The van der Waals surface area contributed by atoms with Crippen LogP contribution in [0.1, 0.15) is 26.3 Å². The van der Waals surface area contributed by atoms with Crippen molar-refractivity contribution in [3.63, 3.8) is 0 Å². The summed E-state index contributed by atoms with van der Waals surface area (Å²) in [6.45, 7) is 0.320. The third kappa shape index (κ3) is 5.01. The molecule has 0 saturated heterocycles. The summed E-state index contributed by atoms with van der Waals surface area (Å²) in [6.07, 6.45) is 0. The van der Waals surface area contributed by atoms with Crippen LogP contribution >= 0.6 is 15.9 Å². The molecule has 0 unspecified atom stereocenters. The Morgan fingerprint density at radius 2 is 1.63 bits per heavy atom. The van der Waals surface area contributed by atoms with Gasteiger partial charge in [0.1, 0.15) is 5.82 Å². The van der Waals surface area contributed by atoms with Gasteiger partial charge in [0.2, 0.25) is 0 Å². The van der Waals surface area contributed by atoms with Crippen LogP contribution in [0.4, 0.5) is 10.1 Å². The van der Waals surface area contributed by atoms with Crippen molar-refractivity contribution in [3.05, 3.63) is 99.8 Å². The standard InChI is InChI=1S/C21H16BrFN2O2/c22-19-7-2-1-6-18(19)21(27)24-13-14-4-3-5-17(12-14)25-20(26)15-8-10-16(23)11-9-15/h1-12H,13H2,(H,24,27)(H,25,26). The van der Waals surface area contributed by atoms with Crippen molar-refractivity contribution in [1.82, 2.24) is 5.32 Å². The smallest absolute Gasteiger partial charge is 0.255 e. The van der Waals surface area contributed by atoms with E-state index in [0.29, 0.717) is 23.4 Å².